The first kappa shape index (κ1) is 24.3. The average molecular weight is 505 g/mol. The molecule has 3 unspecified atom stereocenters. The summed E-state index contributed by atoms with van der Waals surface area (Å²) in [6.45, 7) is 5.14. The third-order valence-corrected chi connectivity index (χ3v) is 7.62. The maximum atomic E-state index is 15.2. The highest BCUT2D eigenvalue weighted by molar-refractivity contribution is 6.08. The molecule has 1 saturated carbocycles. The number of halogens is 3. The number of piperidine rings is 2. The van der Waals surface area contributed by atoms with Gasteiger partial charge in [-0.15, -0.1) is 0 Å². The van der Waals surface area contributed by atoms with Crippen LogP contribution in [0.1, 0.15) is 42.2 Å². The van der Waals surface area contributed by atoms with Crippen LogP contribution in [0.15, 0.2) is 18.2 Å². The van der Waals surface area contributed by atoms with Crippen molar-refractivity contribution in [2.45, 2.75) is 39.0 Å². The van der Waals surface area contributed by atoms with Gasteiger partial charge in [0.25, 0.3) is 17.5 Å². The second-order valence-corrected chi connectivity index (χ2v) is 9.99. The molecular weight excluding hydrogens is 477 g/mol. The number of aryl methyl sites for hydroxylation is 1. The summed E-state index contributed by atoms with van der Waals surface area (Å²) in [6, 6.07) is 3.49. The number of nitrogens with one attached hydrogen (secondary N) is 1. The lowest BCUT2D eigenvalue weighted by molar-refractivity contribution is -0.385. The second kappa shape index (κ2) is 8.90. The molecule has 192 valence electrons. The number of amides is 1. The fraction of sp³-hybridized carbons (Fsp3) is 0.542. The molecule has 1 aromatic heterocycles. The van der Waals surface area contributed by atoms with E-state index in [0.717, 1.165) is 12.5 Å². The highest BCUT2D eigenvalue weighted by Crippen LogP contribution is 2.52. The quantitative estimate of drug-likeness (QED) is 0.475. The van der Waals surface area contributed by atoms with Crippen LogP contribution in [0.2, 0.25) is 0 Å². The molecule has 1 N–H and O–H groups in total. The van der Waals surface area contributed by atoms with Gasteiger partial charge in [-0.05, 0) is 31.1 Å². The number of aromatic nitrogens is 2. The highest BCUT2D eigenvalue weighted by atomic mass is 19.3. The Morgan fingerprint density at radius 1 is 1.14 bits per heavy atom. The van der Waals surface area contributed by atoms with Gasteiger partial charge in [-0.25, -0.2) is 18.2 Å². The fourth-order valence-electron chi connectivity index (χ4n) is 5.41. The van der Waals surface area contributed by atoms with Crippen molar-refractivity contribution in [2.24, 2.45) is 17.8 Å². The monoisotopic (exact) mass is 504 g/mol. The predicted molar refractivity (Wildman–Crippen MR) is 127 cm³/mol. The van der Waals surface area contributed by atoms with Crippen molar-refractivity contribution in [1.82, 2.24) is 9.97 Å². The van der Waals surface area contributed by atoms with Crippen molar-refractivity contribution >= 4 is 29.0 Å². The number of rotatable bonds is 5. The topological polar surface area (TPSA) is 104 Å². The lowest BCUT2D eigenvalue weighted by Crippen LogP contribution is -2.40. The number of hydrogen-bond acceptors (Lipinski definition) is 7. The van der Waals surface area contributed by atoms with Gasteiger partial charge in [0.15, 0.2) is 0 Å². The molecule has 0 spiro atoms. The van der Waals surface area contributed by atoms with E-state index < -0.39 is 28.3 Å². The van der Waals surface area contributed by atoms with Crippen LogP contribution in [0, 0.1) is 40.6 Å². The fourth-order valence-corrected chi connectivity index (χ4v) is 5.41. The Bertz CT molecular complexity index is 1220. The summed E-state index contributed by atoms with van der Waals surface area (Å²) < 4.78 is 42.3. The molecule has 3 fully saturated rings. The smallest absolute Gasteiger partial charge is 0.274 e. The summed E-state index contributed by atoms with van der Waals surface area (Å²) in [4.78, 5) is 36.1. The van der Waals surface area contributed by atoms with E-state index in [1.165, 1.54) is 12.1 Å². The lowest BCUT2D eigenvalue weighted by Gasteiger charge is -2.32. The number of benzene rings is 1. The van der Waals surface area contributed by atoms with Gasteiger partial charge in [0.2, 0.25) is 5.95 Å². The van der Waals surface area contributed by atoms with E-state index in [2.05, 4.69) is 22.2 Å². The molecule has 1 aliphatic carbocycles. The number of non-ortho nitro benzene ring substituents is 1. The van der Waals surface area contributed by atoms with Crippen LogP contribution in [0.25, 0.3) is 0 Å². The SMILES string of the molecule is Cc1cc(NC(=O)c2c(F)cc([N+](=O)[O-])cc2N2CCC3C(C)C3C2)nc(N2CCC(F)(F)CC2)n1. The molecule has 3 heterocycles. The summed E-state index contributed by atoms with van der Waals surface area (Å²) >= 11 is 0. The molecule has 2 aliphatic heterocycles. The molecule has 36 heavy (non-hydrogen) atoms. The molecule has 3 atom stereocenters. The van der Waals surface area contributed by atoms with Crippen LogP contribution in [0.3, 0.4) is 0 Å². The van der Waals surface area contributed by atoms with Crippen molar-refractivity contribution in [2.75, 3.05) is 41.3 Å². The van der Waals surface area contributed by atoms with E-state index >= 15 is 4.39 Å². The third-order valence-electron chi connectivity index (χ3n) is 7.62. The molecule has 5 rings (SSSR count). The number of hydrogen-bond donors (Lipinski definition) is 1. The van der Waals surface area contributed by atoms with Gasteiger partial charge < -0.3 is 15.1 Å². The molecule has 2 aromatic rings. The first-order valence-corrected chi connectivity index (χ1v) is 12.0. The zero-order valence-corrected chi connectivity index (χ0v) is 20.0. The lowest BCUT2D eigenvalue weighted by atomic mass is 10.1. The number of alkyl halides is 2. The maximum absolute atomic E-state index is 15.2. The number of nitrogens with zero attached hydrogens (tertiary/aromatic N) is 5. The minimum atomic E-state index is -2.73. The zero-order valence-electron chi connectivity index (χ0n) is 20.0. The Morgan fingerprint density at radius 3 is 2.53 bits per heavy atom. The Hall–Kier alpha value is -3.44. The summed E-state index contributed by atoms with van der Waals surface area (Å²) in [7, 11) is 0. The number of nitro groups is 1. The number of nitro benzene ring substituents is 1. The molecule has 0 radical (unpaired) electrons. The second-order valence-electron chi connectivity index (χ2n) is 9.99. The molecule has 3 aliphatic rings. The van der Waals surface area contributed by atoms with Crippen molar-refractivity contribution in [3.8, 4) is 0 Å². The van der Waals surface area contributed by atoms with Crippen LogP contribution in [-0.4, -0.2) is 52.9 Å². The van der Waals surface area contributed by atoms with E-state index in [1.54, 1.807) is 11.8 Å². The number of fused-ring (bicyclic) bond motifs is 1. The van der Waals surface area contributed by atoms with Gasteiger partial charge in [-0.3, -0.25) is 14.9 Å². The Kier molecular flexibility index (Phi) is 6.00. The Balaban J connectivity index is 1.43. The van der Waals surface area contributed by atoms with Crippen LogP contribution in [-0.2, 0) is 0 Å². The first-order valence-electron chi connectivity index (χ1n) is 12.0. The molecule has 0 bridgehead atoms. The first-order chi connectivity index (χ1) is 17.0. The van der Waals surface area contributed by atoms with E-state index in [1.807, 2.05) is 4.90 Å². The van der Waals surface area contributed by atoms with Crippen molar-refractivity contribution in [1.29, 1.82) is 0 Å². The Morgan fingerprint density at radius 2 is 1.86 bits per heavy atom. The number of carbonyl (C=O) groups excluding carboxylic acids is 1. The van der Waals surface area contributed by atoms with Crippen molar-refractivity contribution in [3.05, 3.63) is 45.4 Å². The van der Waals surface area contributed by atoms with E-state index in [9.17, 15) is 23.7 Å². The normalized spacial score (nSPS) is 24.8. The molecule has 12 heteroatoms. The molecular formula is C24H27F3N6O3. The summed E-state index contributed by atoms with van der Waals surface area (Å²) in [5.74, 6) is -2.67. The van der Waals surface area contributed by atoms with Crippen LogP contribution < -0.4 is 15.1 Å². The van der Waals surface area contributed by atoms with Gasteiger partial charge in [0.05, 0.1) is 22.2 Å². The average Bonchev–Trinajstić information content (AvgIpc) is 3.46. The minimum Gasteiger partial charge on any atom is -0.370 e. The largest absolute Gasteiger partial charge is 0.370 e. The number of anilines is 3. The van der Waals surface area contributed by atoms with Gasteiger partial charge in [0, 0.05) is 56.8 Å². The van der Waals surface area contributed by atoms with Crippen LogP contribution in [0.4, 0.5) is 36.3 Å². The third kappa shape index (κ3) is 4.68. The van der Waals surface area contributed by atoms with Gasteiger partial charge in [-0.1, -0.05) is 6.92 Å². The van der Waals surface area contributed by atoms with E-state index in [-0.39, 0.29) is 48.9 Å². The van der Waals surface area contributed by atoms with Gasteiger partial charge in [0.1, 0.15) is 11.6 Å². The van der Waals surface area contributed by atoms with Crippen molar-refractivity contribution in [3.63, 3.8) is 0 Å². The predicted octanol–water partition coefficient (Wildman–Crippen LogP) is 4.41. The van der Waals surface area contributed by atoms with Crippen LogP contribution >= 0.6 is 0 Å². The zero-order chi connectivity index (χ0) is 25.8. The van der Waals surface area contributed by atoms with E-state index in [0.29, 0.717) is 36.5 Å². The summed E-state index contributed by atoms with van der Waals surface area (Å²) in [5.41, 5.74) is -0.0299. The standard InChI is InChI=1S/C24H27F3N6O3/c1-13-9-20(30-23(28-13)31-7-4-24(26,27)5-8-31)29-22(34)21-18(25)10-15(33(35)36)11-19(21)32-6-3-16-14(2)17(16)12-32/h9-11,14,16-17H,3-8,12H2,1-2H3,(H,28,29,30,34). The molecule has 1 aromatic carbocycles. The summed E-state index contributed by atoms with van der Waals surface area (Å²) in [5, 5.41) is 14.0. The molecule has 1 amide bonds. The van der Waals surface area contributed by atoms with E-state index in [4.69, 9.17) is 0 Å². The van der Waals surface area contributed by atoms with Gasteiger partial charge in [-0.2, -0.15) is 4.98 Å². The number of carbonyl (C=O) groups is 1. The van der Waals surface area contributed by atoms with Crippen LogP contribution in [0.5, 0.6) is 0 Å². The van der Waals surface area contributed by atoms with Crippen molar-refractivity contribution < 1.29 is 22.9 Å². The highest BCUT2D eigenvalue weighted by Gasteiger charge is 2.50. The molecule has 2 saturated heterocycles. The maximum Gasteiger partial charge on any atom is 0.274 e. The Labute approximate surface area is 205 Å². The molecule has 9 nitrogen and oxygen atoms in total. The summed E-state index contributed by atoms with van der Waals surface area (Å²) in [6.07, 6.45) is 0.236. The minimum absolute atomic E-state index is 0.0700. The van der Waals surface area contributed by atoms with Gasteiger partial charge >= 0.3 is 0 Å².